The second kappa shape index (κ2) is 8.48. The summed E-state index contributed by atoms with van der Waals surface area (Å²) in [6.07, 6.45) is 9.14. The van der Waals surface area contributed by atoms with Gasteiger partial charge in [0.2, 0.25) is 0 Å². The van der Waals surface area contributed by atoms with E-state index in [1.54, 1.807) is 6.20 Å². The van der Waals surface area contributed by atoms with Crippen LogP contribution in [-0.2, 0) is 4.74 Å². The van der Waals surface area contributed by atoms with Gasteiger partial charge in [-0.3, -0.25) is 14.7 Å². The summed E-state index contributed by atoms with van der Waals surface area (Å²) in [6, 6.07) is 0.498. The highest BCUT2D eigenvalue weighted by atomic mass is 19.1. The lowest BCUT2D eigenvalue weighted by atomic mass is 10.1. The Morgan fingerprint density at radius 2 is 1.97 bits per heavy atom. The number of hydrogen-bond acceptors (Lipinski definition) is 8. The van der Waals surface area contributed by atoms with Gasteiger partial charge >= 0.3 is 0 Å². The van der Waals surface area contributed by atoms with Crippen molar-refractivity contribution >= 4 is 28.7 Å². The number of fused-ring (bicyclic) bond motifs is 1. The van der Waals surface area contributed by atoms with Gasteiger partial charge in [0.15, 0.2) is 17.3 Å². The molecule has 0 bridgehead atoms. The van der Waals surface area contributed by atoms with Crippen LogP contribution in [0.4, 0.5) is 21.6 Å². The molecule has 0 spiro atoms. The standard InChI is InChI=1S/C23H27FN8O2/c24-15-9-27-22-19(21(25)29-32(22)12-15)23(33)28-18-11-26-10-17(14-1-2-14)20(18)31-6-4-30(5-7-31)16-3-8-34-13-16/h9-12,14,16H,1-8,13H2,(H2,25,29)(H,28,33). The molecule has 1 amide bonds. The molecule has 3 N–H and O–H groups in total. The van der Waals surface area contributed by atoms with E-state index in [-0.39, 0.29) is 17.0 Å². The van der Waals surface area contributed by atoms with E-state index < -0.39 is 11.7 Å². The number of carbonyl (C=O) groups excluding carboxylic acids is 1. The molecule has 5 heterocycles. The summed E-state index contributed by atoms with van der Waals surface area (Å²) in [5.41, 5.74) is 9.18. The second-order valence-electron chi connectivity index (χ2n) is 9.19. The molecule has 1 unspecified atom stereocenters. The van der Waals surface area contributed by atoms with Crippen LogP contribution >= 0.6 is 0 Å². The summed E-state index contributed by atoms with van der Waals surface area (Å²) in [4.78, 5) is 26.6. The molecule has 2 saturated heterocycles. The fourth-order valence-electron chi connectivity index (χ4n) is 5.06. The van der Waals surface area contributed by atoms with E-state index in [9.17, 15) is 9.18 Å². The molecule has 0 radical (unpaired) electrons. The molecule has 6 rings (SSSR count). The first-order valence-electron chi connectivity index (χ1n) is 11.7. The van der Waals surface area contributed by atoms with Crippen LogP contribution in [0.1, 0.15) is 41.1 Å². The van der Waals surface area contributed by atoms with Gasteiger partial charge < -0.3 is 20.7 Å². The Hall–Kier alpha value is -3.31. The molecular weight excluding hydrogens is 439 g/mol. The van der Waals surface area contributed by atoms with Gasteiger partial charge in [0.1, 0.15) is 5.56 Å². The molecule has 0 aromatic carbocycles. The smallest absolute Gasteiger partial charge is 0.263 e. The Morgan fingerprint density at radius 3 is 2.71 bits per heavy atom. The summed E-state index contributed by atoms with van der Waals surface area (Å²) in [5, 5.41) is 7.04. The zero-order chi connectivity index (χ0) is 23.2. The Labute approximate surface area is 195 Å². The minimum Gasteiger partial charge on any atom is -0.381 e. The lowest BCUT2D eigenvalue weighted by Gasteiger charge is -2.40. The van der Waals surface area contributed by atoms with Crippen LogP contribution in [0, 0.1) is 5.82 Å². The normalized spacial score (nSPS) is 21.3. The molecule has 34 heavy (non-hydrogen) atoms. The predicted molar refractivity (Wildman–Crippen MR) is 125 cm³/mol. The number of halogens is 1. The van der Waals surface area contributed by atoms with Gasteiger partial charge in [-0.2, -0.15) is 0 Å². The van der Waals surface area contributed by atoms with Gasteiger partial charge in [-0.05, 0) is 30.7 Å². The Kier molecular flexibility index (Phi) is 5.30. The number of ether oxygens (including phenoxy) is 1. The molecular formula is C23H27FN8O2. The number of nitrogens with zero attached hydrogens (tertiary/aromatic N) is 6. The number of piperazine rings is 1. The number of nitrogens with one attached hydrogen (secondary N) is 1. The minimum absolute atomic E-state index is 0.00384. The van der Waals surface area contributed by atoms with Crippen LogP contribution in [-0.4, -0.2) is 75.8 Å². The average Bonchev–Trinajstić information content (AvgIpc) is 3.42. The van der Waals surface area contributed by atoms with Gasteiger partial charge in [0, 0.05) is 45.0 Å². The molecule has 3 aromatic heterocycles. The molecule has 178 valence electrons. The first-order valence-corrected chi connectivity index (χ1v) is 11.7. The minimum atomic E-state index is -0.561. The number of nitrogen functional groups attached to an aromatic ring is 1. The van der Waals surface area contributed by atoms with Gasteiger partial charge in [0.25, 0.3) is 5.91 Å². The van der Waals surface area contributed by atoms with Crippen LogP contribution in [0.5, 0.6) is 0 Å². The van der Waals surface area contributed by atoms with E-state index in [1.165, 1.54) is 10.1 Å². The quantitative estimate of drug-likeness (QED) is 0.586. The van der Waals surface area contributed by atoms with E-state index in [2.05, 4.69) is 30.2 Å². The summed E-state index contributed by atoms with van der Waals surface area (Å²) in [6.45, 7) is 5.27. The van der Waals surface area contributed by atoms with E-state index in [0.29, 0.717) is 17.6 Å². The molecule has 3 aliphatic rings. The number of hydrogen-bond donors (Lipinski definition) is 2. The fourth-order valence-corrected chi connectivity index (χ4v) is 5.06. The molecule has 2 aliphatic heterocycles. The number of nitrogens with two attached hydrogens (primary N) is 1. The third kappa shape index (κ3) is 3.84. The third-order valence-electron chi connectivity index (χ3n) is 6.96. The number of aromatic nitrogens is 4. The predicted octanol–water partition coefficient (Wildman–Crippen LogP) is 1.89. The molecule has 3 fully saturated rings. The van der Waals surface area contributed by atoms with E-state index >= 15 is 0 Å². The Balaban J connectivity index is 1.29. The third-order valence-corrected chi connectivity index (χ3v) is 6.96. The van der Waals surface area contributed by atoms with Crippen LogP contribution in [0.25, 0.3) is 5.65 Å². The summed E-state index contributed by atoms with van der Waals surface area (Å²) in [7, 11) is 0. The zero-order valence-electron chi connectivity index (χ0n) is 18.8. The van der Waals surface area contributed by atoms with E-state index in [0.717, 1.165) is 76.7 Å². The van der Waals surface area contributed by atoms with E-state index in [1.807, 2.05) is 6.20 Å². The van der Waals surface area contributed by atoms with Gasteiger partial charge in [-0.25, -0.2) is 13.9 Å². The second-order valence-corrected chi connectivity index (χ2v) is 9.19. The maximum atomic E-state index is 13.5. The zero-order valence-corrected chi connectivity index (χ0v) is 18.8. The van der Waals surface area contributed by atoms with Crippen molar-refractivity contribution in [2.24, 2.45) is 0 Å². The van der Waals surface area contributed by atoms with Crippen molar-refractivity contribution in [1.82, 2.24) is 24.5 Å². The number of carbonyl (C=O) groups is 1. The van der Waals surface area contributed by atoms with Crippen LogP contribution in [0.15, 0.2) is 24.8 Å². The molecule has 1 atom stereocenters. The molecule has 10 nitrogen and oxygen atoms in total. The topological polar surface area (TPSA) is 114 Å². The SMILES string of the molecule is Nc1nn2cc(F)cnc2c1C(=O)Nc1cncc(C2CC2)c1N1CCN(C2CCOC2)CC1. The van der Waals surface area contributed by atoms with Crippen LogP contribution < -0.4 is 16.0 Å². The summed E-state index contributed by atoms with van der Waals surface area (Å²) < 4.78 is 20.3. The van der Waals surface area contributed by atoms with Gasteiger partial charge in [0.05, 0.1) is 36.6 Å². The Morgan fingerprint density at radius 1 is 1.15 bits per heavy atom. The molecule has 3 aromatic rings. The first kappa shape index (κ1) is 21.2. The van der Waals surface area contributed by atoms with Crippen molar-refractivity contribution < 1.29 is 13.9 Å². The van der Waals surface area contributed by atoms with Gasteiger partial charge in [-0.1, -0.05) is 0 Å². The number of anilines is 3. The highest BCUT2D eigenvalue weighted by molar-refractivity contribution is 6.12. The van der Waals surface area contributed by atoms with Crippen molar-refractivity contribution in [1.29, 1.82) is 0 Å². The van der Waals surface area contributed by atoms with Crippen molar-refractivity contribution in [3.05, 3.63) is 41.7 Å². The van der Waals surface area contributed by atoms with Gasteiger partial charge in [-0.15, -0.1) is 5.10 Å². The van der Waals surface area contributed by atoms with Crippen LogP contribution in [0.3, 0.4) is 0 Å². The Bertz CT molecular complexity index is 1230. The van der Waals surface area contributed by atoms with Crippen molar-refractivity contribution in [3.8, 4) is 0 Å². The van der Waals surface area contributed by atoms with Crippen molar-refractivity contribution in [3.63, 3.8) is 0 Å². The van der Waals surface area contributed by atoms with Crippen molar-refractivity contribution in [2.45, 2.75) is 31.2 Å². The molecule has 11 heteroatoms. The van der Waals surface area contributed by atoms with Crippen LogP contribution in [0.2, 0.25) is 0 Å². The largest absolute Gasteiger partial charge is 0.381 e. The fraction of sp³-hybridized carbons (Fsp3) is 0.478. The first-order chi connectivity index (χ1) is 16.6. The highest BCUT2D eigenvalue weighted by Gasteiger charge is 2.33. The monoisotopic (exact) mass is 466 g/mol. The lowest BCUT2D eigenvalue weighted by Crippen LogP contribution is -2.51. The maximum Gasteiger partial charge on any atom is 0.263 e. The number of pyridine rings is 1. The van der Waals surface area contributed by atoms with E-state index in [4.69, 9.17) is 10.5 Å². The highest BCUT2D eigenvalue weighted by Crippen LogP contribution is 2.46. The molecule has 1 saturated carbocycles. The molecule has 1 aliphatic carbocycles. The maximum absolute atomic E-state index is 13.5. The average molecular weight is 467 g/mol. The number of rotatable bonds is 5. The summed E-state index contributed by atoms with van der Waals surface area (Å²) in [5.74, 6) is -0.540. The summed E-state index contributed by atoms with van der Waals surface area (Å²) >= 11 is 0. The number of amides is 1. The van der Waals surface area contributed by atoms with Crippen molar-refractivity contribution in [2.75, 3.05) is 55.3 Å². The lowest BCUT2D eigenvalue weighted by molar-refractivity contribution is 0.102.